The highest BCUT2D eigenvalue weighted by Crippen LogP contribution is 2.23. The van der Waals surface area contributed by atoms with Gasteiger partial charge in [0.25, 0.3) is 0 Å². The SMILES string of the molecule is C=CCOc1c(CNCC(O)c2ccccc2Cl)c(C)nn1C. The number of ether oxygens (including phenoxy) is 1. The molecule has 124 valence electrons. The number of nitrogens with zero attached hydrogens (tertiary/aromatic N) is 2. The Morgan fingerprint density at radius 3 is 2.91 bits per heavy atom. The molecule has 2 aromatic rings. The van der Waals surface area contributed by atoms with Crippen LogP contribution in [0, 0.1) is 6.92 Å². The largest absolute Gasteiger partial charge is 0.473 e. The van der Waals surface area contributed by atoms with Crippen molar-refractivity contribution in [1.29, 1.82) is 0 Å². The summed E-state index contributed by atoms with van der Waals surface area (Å²) >= 11 is 6.10. The van der Waals surface area contributed by atoms with E-state index < -0.39 is 6.10 Å². The Kier molecular flexibility index (Phi) is 6.21. The first-order chi connectivity index (χ1) is 11.0. The highest BCUT2D eigenvalue weighted by Gasteiger charge is 2.15. The Hall–Kier alpha value is -1.82. The topological polar surface area (TPSA) is 59.3 Å². The van der Waals surface area contributed by atoms with Gasteiger partial charge in [-0.2, -0.15) is 5.10 Å². The first-order valence-corrected chi connectivity index (χ1v) is 7.81. The van der Waals surface area contributed by atoms with Crippen LogP contribution in [0.15, 0.2) is 36.9 Å². The predicted molar refractivity (Wildman–Crippen MR) is 91.8 cm³/mol. The van der Waals surface area contributed by atoms with Crippen molar-refractivity contribution in [3.05, 3.63) is 58.8 Å². The van der Waals surface area contributed by atoms with Crippen molar-refractivity contribution >= 4 is 11.6 Å². The first-order valence-electron chi connectivity index (χ1n) is 7.44. The molecule has 0 spiro atoms. The average molecular weight is 336 g/mol. The van der Waals surface area contributed by atoms with Gasteiger partial charge in [-0.15, -0.1) is 0 Å². The van der Waals surface area contributed by atoms with E-state index in [-0.39, 0.29) is 0 Å². The Bertz CT molecular complexity index is 670. The van der Waals surface area contributed by atoms with Gasteiger partial charge in [0.05, 0.1) is 17.4 Å². The van der Waals surface area contributed by atoms with E-state index in [0.717, 1.165) is 11.3 Å². The summed E-state index contributed by atoms with van der Waals surface area (Å²) < 4.78 is 7.37. The highest BCUT2D eigenvalue weighted by molar-refractivity contribution is 6.31. The second-order valence-electron chi connectivity index (χ2n) is 5.26. The number of halogens is 1. The Balaban J connectivity index is 1.98. The maximum Gasteiger partial charge on any atom is 0.216 e. The molecule has 0 saturated carbocycles. The number of benzene rings is 1. The average Bonchev–Trinajstić information content (AvgIpc) is 2.79. The molecule has 1 atom stereocenters. The normalized spacial score (nSPS) is 12.2. The van der Waals surface area contributed by atoms with Gasteiger partial charge in [0, 0.05) is 30.7 Å². The molecule has 0 fully saturated rings. The molecule has 1 aromatic carbocycles. The lowest BCUT2D eigenvalue weighted by atomic mass is 10.1. The van der Waals surface area contributed by atoms with Crippen LogP contribution in [0.4, 0.5) is 0 Å². The van der Waals surface area contributed by atoms with Gasteiger partial charge in [0.2, 0.25) is 5.88 Å². The van der Waals surface area contributed by atoms with Crippen LogP contribution >= 0.6 is 11.6 Å². The second-order valence-corrected chi connectivity index (χ2v) is 5.67. The number of aromatic nitrogens is 2. The molecule has 0 aliphatic carbocycles. The Labute approximate surface area is 141 Å². The van der Waals surface area contributed by atoms with Crippen LogP contribution in [-0.2, 0) is 13.6 Å². The lowest BCUT2D eigenvalue weighted by Gasteiger charge is -2.14. The Morgan fingerprint density at radius 2 is 2.22 bits per heavy atom. The van der Waals surface area contributed by atoms with E-state index in [1.54, 1.807) is 16.8 Å². The van der Waals surface area contributed by atoms with Crippen LogP contribution in [0.3, 0.4) is 0 Å². The summed E-state index contributed by atoms with van der Waals surface area (Å²) in [5, 5.41) is 18.4. The number of aliphatic hydroxyl groups excluding tert-OH is 1. The molecule has 0 radical (unpaired) electrons. The van der Waals surface area contributed by atoms with E-state index >= 15 is 0 Å². The third kappa shape index (κ3) is 4.34. The van der Waals surface area contributed by atoms with Gasteiger partial charge in [0.15, 0.2) is 0 Å². The van der Waals surface area contributed by atoms with Gasteiger partial charge in [0.1, 0.15) is 6.61 Å². The molecular formula is C17H22ClN3O2. The van der Waals surface area contributed by atoms with Crippen LogP contribution in [0.25, 0.3) is 0 Å². The van der Waals surface area contributed by atoms with Crippen LogP contribution in [0.2, 0.25) is 5.02 Å². The van der Waals surface area contributed by atoms with Crippen LogP contribution in [0.5, 0.6) is 5.88 Å². The molecule has 0 aliphatic heterocycles. The molecule has 2 N–H and O–H groups in total. The fraction of sp³-hybridized carbons (Fsp3) is 0.353. The third-order valence-corrected chi connectivity index (χ3v) is 3.87. The minimum atomic E-state index is -0.668. The summed E-state index contributed by atoms with van der Waals surface area (Å²) in [4.78, 5) is 0. The van der Waals surface area contributed by atoms with Gasteiger partial charge < -0.3 is 15.2 Å². The van der Waals surface area contributed by atoms with Crippen molar-refractivity contribution in [2.75, 3.05) is 13.2 Å². The minimum Gasteiger partial charge on any atom is -0.473 e. The molecule has 0 amide bonds. The van der Waals surface area contributed by atoms with Crippen molar-refractivity contribution in [3.63, 3.8) is 0 Å². The number of hydrogen-bond acceptors (Lipinski definition) is 4. The first kappa shape index (κ1) is 17.5. The summed E-state index contributed by atoms with van der Waals surface area (Å²) in [5.41, 5.74) is 2.58. The number of aryl methyl sites for hydroxylation is 2. The maximum absolute atomic E-state index is 10.3. The summed E-state index contributed by atoms with van der Waals surface area (Å²) in [6, 6.07) is 7.29. The van der Waals surface area contributed by atoms with Crippen molar-refractivity contribution in [3.8, 4) is 5.88 Å². The zero-order valence-corrected chi connectivity index (χ0v) is 14.2. The molecule has 1 unspecified atom stereocenters. The van der Waals surface area contributed by atoms with Gasteiger partial charge in [-0.1, -0.05) is 42.5 Å². The lowest BCUT2D eigenvalue weighted by Crippen LogP contribution is -2.22. The maximum atomic E-state index is 10.3. The minimum absolute atomic E-state index is 0.388. The predicted octanol–water partition coefficient (Wildman–Crippen LogP) is 2.77. The summed E-state index contributed by atoms with van der Waals surface area (Å²) in [5.74, 6) is 0.710. The van der Waals surface area contributed by atoms with E-state index in [2.05, 4.69) is 17.0 Å². The zero-order chi connectivity index (χ0) is 16.8. The molecule has 2 rings (SSSR count). The second kappa shape index (κ2) is 8.15. The summed E-state index contributed by atoms with van der Waals surface area (Å²) in [6.07, 6.45) is 1.03. The molecule has 0 bridgehead atoms. The molecular weight excluding hydrogens is 314 g/mol. The van der Waals surface area contributed by atoms with Crippen molar-refractivity contribution in [1.82, 2.24) is 15.1 Å². The molecule has 5 nitrogen and oxygen atoms in total. The van der Waals surface area contributed by atoms with E-state index in [4.69, 9.17) is 16.3 Å². The van der Waals surface area contributed by atoms with Gasteiger partial charge in [-0.05, 0) is 13.0 Å². The summed E-state index contributed by atoms with van der Waals surface area (Å²) in [7, 11) is 1.84. The number of nitrogens with one attached hydrogen (secondary N) is 1. The van der Waals surface area contributed by atoms with Crippen LogP contribution < -0.4 is 10.1 Å². The van der Waals surface area contributed by atoms with Crippen molar-refractivity contribution < 1.29 is 9.84 Å². The van der Waals surface area contributed by atoms with E-state index in [1.165, 1.54) is 0 Å². The number of aliphatic hydroxyl groups is 1. The third-order valence-electron chi connectivity index (χ3n) is 3.53. The Morgan fingerprint density at radius 1 is 1.48 bits per heavy atom. The molecule has 6 heteroatoms. The van der Waals surface area contributed by atoms with Crippen molar-refractivity contribution in [2.24, 2.45) is 7.05 Å². The molecule has 0 saturated heterocycles. The van der Waals surface area contributed by atoms with Crippen molar-refractivity contribution in [2.45, 2.75) is 19.6 Å². The quantitative estimate of drug-likeness (QED) is 0.728. The lowest BCUT2D eigenvalue weighted by molar-refractivity contribution is 0.174. The molecule has 1 aromatic heterocycles. The number of rotatable bonds is 8. The smallest absolute Gasteiger partial charge is 0.216 e. The fourth-order valence-corrected chi connectivity index (χ4v) is 2.65. The summed E-state index contributed by atoms with van der Waals surface area (Å²) in [6.45, 7) is 6.95. The zero-order valence-electron chi connectivity index (χ0n) is 13.4. The van der Waals surface area contributed by atoms with Gasteiger partial charge >= 0.3 is 0 Å². The van der Waals surface area contributed by atoms with Crippen LogP contribution in [-0.4, -0.2) is 28.0 Å². The van der Waals surface area contributed by atoms with E-state index in [0.29, 0.717) is 36.2 Å². The standard InChI is InChI=1S/C17H22ClN3O2/c1-4-9-23-17-14(12(2)20-21(17)3)10-19-11-16(22)13-7-5-6-8-15(13)18/h4-8,16,19,22H,1,9-11H2,2-3H3. The molecule has 0 aliphatic rings. The number of hydrogen-bond donors (Lipinski definition) is 2. The van der Waals surface area contributed by atoms with E-state index in [1.807, 2.05) is 32.2 Å². The van der Waals surface area contributed by atoms with E-state index in [9.17, 15) is 5.11 Å². The molecule has 23 heavy (non-hydrogen) atoms. The highest BCUT2D eigenvalue weighted by atomic mass is 35.5. The van der Waals surface area contributed by atoms with Gasteiger partial charge in [-0.25, -0.2) is 4.68 Å². The monoisotopic (exact) mass is 335 g/mol. The van der Waals surface area contributed by atoms with Gasteiger partial charge in [-0.3, -0.25) is 0 Å². The van der Waals surface area contributed by atoms with Crippen LogP contribution in [0.1, 0.15) is 22.9 Å². The fourth-order valence-electron chi connectivity index (χ4n) is 2.39. The molecule has 1 heterocycles.